The molecule has 106 valence electrons. The maximum atomic E-state index is 6.62. The Morgan fingerprint density at radius 3 is 2.40 bits per heavy atom. The molecule has 0 spiro atoms. The number of rotatable bonds is 4. The SMILES string of the molecule is COc1ccc(OC)c(C(Cl)c2ccc(Br)c(C)c2)c1. The molecule has 2 aromatic carbocycles. The van der Waals surface area contributed by atoms with Crippen LogP contribution in [-0.4, -0.2) is 14.2 Å². The predicted molar refractivity (Wildman–Crippen MR) is 86.1 cm³/mol. The van der Waals surface area contributed by atoms with Gasteiger partial charge in [0.1, 0.15) is 11.5 Å². The fraction of sp³-hybridized carbons (Fsp3) is 0.250. The van der Waals surface area contributed by atoms with Crippen LogP contribution in [0.2, 0.25) is 0 Å². The molecular formula is C16H16BrClO2. The van der Waals surface area contributed by atoms with Crippen molar-refractivity contribution >= 4 is 27.5 Å². The number of ether oxygens (including phenoxy) is 2. The number of halogens is 2. The minimum absolute atomic E-state index is 0.285. The van der Waals surface area contributed by atoms with Crippen LogP contribution in [0.15, 0.2) is 40.9 Å². The van der Waals surface area contributed by atoms with Crippen molar-refractivity contribution in [2.24, 2.45) is 0 Å². The standard InChI is InChI=1S/C16H16BrClO2/c1-10-8-11(4-6-14(10)17)16(18)13-9-12(19-2)5-7-15(13)20-3/h4-9,16H,1-3H3. The van der Waals surface area contributed by atoms with Gasteiger partial charge >= 0.3 is 0 Å². The molecule has 0 aliphatic heterocycles. The summed E-state index contributed by atoms with van der Waals surface area (Å²) in [5.74, 6) is 1.52. The Morgan fingerprint density at radius 1 is 1.05 bits per heavy atom. The van der Waals surface area contributed by atoms with E-state index in [1.54, 1.807) is 14.2 Å². The third-order valence-corrected chi connectivity index (χ3v) is 4.56. The molecule has 0 fully saturated rings. The van der Waals surface area contributed by atoms with Crippen LogP contribution in [-0.2, 0) is 0 Å². The van der Waals surface area contributed by atoms with E-state index in [0.29, 0.717) is 0 Å². The monoisotopic (exact) mass is 354 g/mol. The maximum absolute atomic E-state index is 6.62. The van der Waals surface area contributed by atoms with E-state index < -0.39 is 0 Å². The zero-order chi connectivity index (χ0) is 14.7. The van der Waals surface area contributed by atoms with Crippen LogP contribution >= 0.6 is 27.5 Å². The summed E-state index contributed by atoms with van der Waals surface area (Å²) in [6.45, 7) is 2.04. The highest BCUT2D eigenvalue weighted by Gasteiger charge is 2.17. The average Bonchev–Trinajstić information content (AvgIpc) is 2.48. The lowest BCUT2D eigenvalue weighted by molar-refractivity contribution is 0.399. The molecule has 20 heavy (non-hydrogen) atoms. The van der Waals surface area contributed by atoms with E-state index in [2.05, 4.69) is 22.0 Å². The van der Waals surface area contributed by atoms with Crippen molar-refractivity contribution in [2.75, 3.05) is 14.2 Å². The first kappa shape index (κ1) is 15.2. The molecule has 0 amide bonds. The van der Waals surface area contributed by atoms with Gasteiger partial charge in [-0.05, 0) is 42.3 Å². The van der Waals surface area contributed by atoms with E-state index in [4.69, 9.17) is 21.1 Å². The molecule has 0 N–H and O–H groups in total. The van der Waals surface area contributed by atoms with Crippen molar-refractivity contribution in [3.8, 4) is 11.5 Å². The van der Waals surface area contributed by atoms with Crippen LogP contribution in [0.5, 0.6) is 11.5 Å². The second-order valence-corrected chi connectivity index (χ2v) is 5.77. The Hall–Kier alpha value is -1.19. The number of alkyl halides is 1. The first-order chi connectivity index (χ1) is 9.56. The maximum Gasteiger partial charge on any atom is 0.124 e. The molecule has 0 heterocycles. The summed E-state index contributed by atoms with van der Waals surface area (Å²) in [6, 6.07) is 11.7. The lowest BCUT2D eigenvalue weighted by Gasteiger charge is -2.16. The Kier molecular flexibility index (Phi) is 4.95. The van der Waals surface area contributed by atoms with Crippen molar-refractivity contribution in [2.45, 2.75) is 12.3 Å². The minimum Gasteiger partial charge on any atom is -0.497 e. The summed E-state index contributed by atoms with van der Waals surface area (Å²) in [4.78, 5) is 0. The Labute approximate surface area is 132 Å². The van der Waals surface area contributed by atoms with Crippen LogP contribution in [0.1, 0.15) is 22.1 Å². The quantitative estimate of drug-likeness (QED) is 0.710. The fourth-order valence-electron chi connectivity index (χ4n) is 2.04. The van der Waals surface area contributed by atoms with Crippen molar-refractivity contribution in [1.29, 1.82) is 0 Å². The molecule has 0 saturated heterocycles. The Bertz CT molecular complexity index is 613. The summed E-state index contributed by atoms with van der Waals surface area (Å²) >= 11 is 10.1. The zero-order valence-corrected chi connectivity index (χ0v) is 14.0. The third kappa shape index (κ3) is 3.10. The number of hydrogen-bond donors (Lipinski definition) is 0. The second-order valence-electron chi connectivity index (χ2n) is 4.48. The van der Waals surface area contributed by atoms with Crippen LogP contribution < -0.4 is 9.47 Å². The predicted octanol–water partition coefficient (Wildman–Crippen LogP) is 5.10. The van der Waals surface area contributed by atoms with Crippen LogP contribution in [0.4, 0.5) is 0 Å². The van der Waals surface area contributed by atoms with Gasteiger partial charge in [0.25, 0.3) is 0 Å². The molecule has 2 nitrogen and oxygen atoms in total. The number of methoxy groups -OCH3 is 2. The molecule has 0 aromatic heterocycles. The van der Waals surface area contributed by atoms with Gasteiger partial charge in [0.2, 0.25) is 0 Å². The Balaban J connectivity index is 2.45. The van der Waals surface area contributed by atoms with E-state index in [1.165, 1.54) is 0 Å². The molecule has 0 radical (unpaired) electrons. The highest BCUT2D eigenvalue weighted by molar-refractivity contribution is 9.10. The van der Waals surface area contributed by atoms with Gasteiger partial charge in [-0.1, -0.05) is 28.1 Å². The largest absolute Gasteiger partial charge is 0.497 e. The molecule has 2 rings (SSSR count). The van der Waals surface area contributed by atoms with Crippen molar-refractivity contribution < 1.29 is 9.47 Å². The van der Waals surface area contributed by atoms with Crippen LogP contribution in [0.3, 0.4) is 0 Å². The molecule has 1 unspecified atom stereocenters. The molecule has 1 atom stereocenters. The highest BCUT2D eigenvalue weighted by atomic mass is 79.9. The van der Waals surface area contributed by atoms with Crippen molar-refractivity contribution in [3.63, 3.8) is 0 Å². The van der Waals surface area contributed by atoms with E-state index >= 15 is 0 Å². The zero-order valence-electron chi connectivity index (χ0n) is 11.6. The topological polar surface area (TPSA) is 18.5 Å². The van der Waals surface area contributed by atoms with Crippen molar-refractivity contribution in [3.05, 3.63) is 57.6 Å². The van der Waals surface area contributed by atoms with Crippen LogP contribution in [0.25, 0.3) is 0 Å². The van der Waals surface area contributed by atoms with Gasteiger partial charge in [-0.25, -0.2) is 0 Å². The van der Waals surface area contributed by atoms with Gasteiger partial charge in [0.15, 0.2) is 0 Å². The van der Waals surface area contributed by atoms with Crippen molar-refractivity contribution in [1.82, 2.24) is 0 Å². The summed E-state index contributed by atoms with van der Waals surface area (Å²) in [6.07, 6.45) is 0. The fourth-order valence-corrected chi connectivity index (χ4v) is 2.60. The van der Waals surface area contributed by atoms with Gasteiger partial charge in [-0.3, -0.25) is 0 Å². The molecule has 0 aliphatic carbocycles. The van der Waals surface area contributed by atoms with Gasteiger partial charge < -0.3 is 9.47 Å². The van der Waals surface area contributed by atoms with E-state index in [9.17, 15) is 0 Å². The van der Waals surface area contributed by atoms with Gasteiger partial charge in [0.05, 0.1) is 19.6 Å². The van der Waals surface area contributed by atoms with Crippen LogP contribution in [0, 0.1) is 6.92 Å². The first-order valence-electron chi connectivity index (χ1n) is 6.19. The van der Waals surface area contributed by atoms with E-state index in [1.807, 2.05) is 37.3 Å². The molecular weight excluding hydrogens is 340 g/mol. The molecule has 0 bridgehead atoms. The minimum atomic E-state index is -0.285. The smallest absolute Gasteiger partial charge is 0.124 e. The molecule has 0 saturated carbocycles. The highest BCUT2D eigenvalue weighted by Crippen LogP contribution is 2.38. The number of aryl methyl sites for hydroxylation is 1. The first-order valence-corrected chi connectivity index (χ1v) is 7.41. The molecule has 2 aromatic rings. The summed E-state index contributed by atoms with van der Waals surface area (Å²) in [5.41, 5.74) is 3.07. The van der Waals surface area contributed by atoms with E-state index in [-0.39, 0.29) is 5.38 Å². The molecule has 4 heteroatoms. The van der Waals surface area contributed by atoms with Gasteiger partial charge in [0, 0.05) is 10.0 Å². The summed E-state index contributed by atoms with van der Waals surface area (Å²) < 4.78 is 11.7. The number of benzene rings is 2. The third-order valence-electron chi connectivity index (χ3n) is 3.18. The number of hydrogen-bond acceptors (Lipinski definition) is 2. The summed E-state index contributed by atoms with van der Waals surface area (Å²) in [5, 5.41) is -0.285. The van der Waals surface area contributed by atoms with E-state index in [0.717, 1.165) is 32.7 Å². The van der Waals surface area contributed by atoms with Gasteiger partial charge in [-0.2, -0.15) is 0 Å². The second kappa shape index (κ2) is 6.51. The molecule has 0 aliphatic rings. The lowest BCUT2D eigenvalue weighted by Crippen LogP contribution is -1.99. The normalized spacial score (nSPS) is 12.1. The van der Waals surface area contributed by atoms with Gasteiger partial charge in [-0.15, -0.1) is 11.6 Å². The lowest BCUT2D eigenvalue weighted by atomic mass is 10.0. The Morgan fingerprint density at radius 2 is 1.80 bits per heavy atom. The summed E-state index contributed by atoms with van der Waals surface area (Å²) in [7, 11) is 3.28. The average molecular weight is 356 g/mol.